The van der Waals surface area contributed by atoms with Gasteiger partial charge in [0.1, 0.15) is 0 Å². The molecule has 1 nitrogen and oxygen atoms in total. The molecule has 0 aromatic heterocycles. The van der Waals surface area contributed by atoms with E-state index in [1.807, 2.05) is 13.8 Å². The molecule has 0 aliphatic carbocycles. The van der Waals surface area contributed by atoms with Crippen LogP contribution in [-0.4, -0.2) is 6.54 Å². The van der Waals surface area contributed by atoms with Crippen molar-refractivity contribution in [1.82, 2.24) is 5.32 Å². The lowest BCUT2D eigenvalue weighted by Crippen LogP contribution is -2.25. The molecule has 1 aliphatic heterocycles. The average molecular weight is 257 g/mol. The zero-order chi connectivity index (χ0) is 14.5. The summed E-state index contributed by atoms with van der Waals surface area (Å²) in [6.45, 7) is 13.9. The van der Waals surface area contributed by atoms with Crippen LogP contribution < -0.4 is 5.32 Å². The van der Waals surface area contributed by atoms with Gasteiger partial charge in [0.05, 0.1) is 0 Å². The number of benzene rings is 1. The molecule has 0 atom stereocenters. The first-order valence-electron chi connectivity index (χ1n) is 7.20. The largest absolute Gasteiger partial charge is 0.381 e. The van der Waals surface area contributed by atoms with Gasteiger partial charge in [-0.25, -0.2) is 0 Å². The maximum atomic E-state index is 3.53. The van der Waals surface area contributed by atoms with E-state index in [9.17, 15) is 0 Å². The van der Waals surface area contributed by atoms with Crippen LogP contribution in [0.2, 0.25) is 0 Å². The van der Waals surface area contributed by atoms with Gasteiger partial charge in [-0.1, -0.05) is 65.0 Å². The van der Waals surface area contributed by atoms with Crippen molar-refractivity contribution in [2.75, 3.05) is 6.54 Å². The predicted octanol–water partition coefficient (Wildman–Crippen LogP) is 4.94. The van der Waals surface area contributed by atoms with Crippen LogP contribution in [0.1, 0.15) is 45.7 Å². The van der Waals surface area contributed by atoms with E-state index in [0.29, 0.717) is 0 Å². The first-order valence-corrected chi connectivity index (χ1v) is 7.20. The molecule has 1 aliphatic rings. The van der Waals surface area contributed by atoms with Crippen molar-refractivity contribution in [2.24, 2.45) is 5.41 Å². The minimum Gasteiger partial charge on any atom is -0.381 e. The third-order valence-corrected chi connectivity index (χ3v) is 3.32. The van der Waals surface area contributed by atoms with Crippen molar-refractivity contribution in [1.29, 1.82) is 0 Å². The highest BCUT2D eigenvalue weighted by Gasteiger charge is 2.19. The van der Waals surface area contributed by atoms with Gasteiger partial charge in [0.2, 0.25) is 0 Å². The molecule has 1 heteroatoms. The van der Waals surface area contributed by atoms with Crippen LogP contribution in [0.3, 0.4) is 0 Å². The second-order valence-electron chi connectivity index (χ2n) is 5.69. The zero-order valence-corrected chi connectivity index (χ0v) is 13.2. The van der Waals surface area contributed by atoms with Crippen LogP contribution in [0.25, 0.3) is 5.70 Å². The van der Waals surface area contributed by atoms with E-state index in [-0.39, 0.29) is 5.41 Å². The molecule has 0 spiro atoms. The molecule has 1 heterocycles. The standard InChI is InChI=1S/C16H21N.C2H6/c1-12-7-5-6-8-14(12)15-10-9-13(11-17-15)16(2,3)4;1-2/h5-10,17H,11H2,1-4H3;1-2H3. The molecule has 0 unspecified atom stereocenters. The highest BCUT2D eigenvalue weighted by atomic mass is 14.9. The molecule has 0 bridgehead atoms. The third kappa shape index (κ3) is 3.99. The molecule has 0 amide bonds. The van der Waals surface area contributed by atoms with Gasteiger partial charge in [0.25, 0.3) is 0 Å². The fourth-order valence-electron chi connectivity index (χ4n) is 2.07. The summed E-state index contributed by atoms with van der Waals surface area (Å²) >= 11 is 0. The predicted molar refractivity (Wildman–Crippen MR) is 86.0 cm³/mol. The highest BCUT2D eigenvalue weighted by molar-refractivity contribution is 5.69. The summed E-state index contributed by atoms with van der Waals surface area (Å²) in [6, 6.07) is 8.50. The van der Waals surface area contributed by atoms with E-state index in [4.69, 9.17) is 0 Å². The Morgan fingerprint density at radius 3 is 2.11 bits per heavy atom. The summed E-state index contributed by atoms with van der Waals surface area (Å²) in [6.07, 6.45) is 4.46. The van der Waals surface area contributed by atoms with Gasteiger partial charge >= 0.3 is 0 Å². The van der Waals surface area contributed by atoms with Crippen molar-refractivity contribution in [2.45, 2.75) is 41.5 Å². The summed E-state index contributed by atoms with van der Waals surface area (Å²) in [5.74, 6) is 0. The molecule has 0 saturated carbocycles. The lowest BCUT2D eigenvalue weighted by molar-refractivity contribution is 0.487. The number of allylic oxidation sites excluding steroid dienone is 2. The smallest absolute Gasteiger partial charge is 0.0419 e. The van der Waals surface area contributed by atoms with Crippen molar-refractivity contribution in [3.05, 3.63) is 53.1 Å². The van der Waals surface area contributed by atoms with E-state index in [1.54, 1.807) is 0 Å². The molecule has 0 saturated heterocycles. The zero-order valence-electron chi connectivity index (χ0n) is 13.2. The maximum absolute atomic E-state index is 3.53. The Kier molecular flexibility index (Phi) is 5.41. The van der Waals surface area contributed by atoms with E-state index in [1.165, 1.54) is 22.4 Å². The Bertz CT molecular complexity index is 473. The number of aryl methyl sites for hydroxylation is 1. The van der Waals surface area contributed by atoms with E-state index < -0.39 is 0 Å². The lowest BCUT2D eigenvalue weighted by atomic mass is 9.84. The molecule has 2 rings (SSSR count). The molecule has 104 valence electrons. The topological polar surface area (TPSA) is 12.0 Å². The van der Waals surface area contributed by atoms with Crippen LogP contribution in [-0.2, 0) is 0 Å². The number of hydrogen-bond acceptors (Lipinski definition) is 1. The fraction of sp³-hybridized carbons (Fsp3) is 0.444. The second-order valence-corrected chi connectivity index (χ2v) is 5.69. The molecular formula is C18H27N. The highest BCUT2D eigenvalue weighted by Crippen LogP contribution is 2.28. The monoisotopic (exact) mass is 257 g/mol. The van der Waals surface area contributed by atoms with Crippen LogP contribution in [0.4, 0.5) is 0 Å². The molecule has 1 aromatic carbocycles. The normalized spacial score (nSPS) is 14.6. The fourth-order valence-corrected chi connectivity index (χ4v) is 2.07. The van der Waals surface area contributed by atoms with Crippen molar-refractivity contribution >= 4 is 5.70 Å². The quantitative estimate of drug-likeness (QED) is 0.751. The number of hydrogen-bond donors (Lipinski definition) is 1. The van der Waals surface area contributed by atoms with E-state index in [2.05, 4.69) is 69.4 Å². The minimum absolute atomic E-state index is 0.251. The molecule has 1 N–H and O–H groups in total. The number of nitrogens with one attached hydrogen (secondary N) is 1. The first-order chi connectivity index (χ1) is 8.98. The minimum atomic E-state index is 0.251. The van der Waals surface area contributed by atoms with Crippen molar-refractivity contribution in [3.63, 3.8) is 0 Å². The molecule has 0 fully saturated rings. The van der Waals surface area contributed by atoms with Gasteiger partial charge < -0.3 is 5.32 Å². The number of rotatable bonds is 1. The lowest BCUT2D eigenvalue weighted by Gasteiger charge is -2.27. The summed E-state index contributed by atoms with van der Waals surface area (Å²) in [7, 11) is 0. The van der Waals surface area contributed by atoms with Crippen LogP contribution in [0.15, 0.2) is 42.0 Å². The van der Waals surface area contributed by atoms with Gasteiger partial charge in [-0.2, -0.15) is 0 Å². The summed E-state index contributed by atoms with van der Waals surface area (Å²) in [4.78, 5) is 0. The van der Waals surface area contributed by atoms with Gasteiger partial charge in [0.15, 0.2) is 0 Å². The summed E-state index contributed by atoms with van der Waals surface area (Å²) in [5.41, 5.74) is 5.56. The van der Waals surface area contributed by atoms with Crippen molar-refractivity contribution in [3.8, 4) is 0 Å². The Balaban J connectivity index is 0.000000861. The Morgan fingerprint density at radius 1 is 1.00 bits per heavy atom. The van der Waals surface area contributed by atoms with Gasteiger partial charge in [-0.05, 0) is 29.6 Å². The second kappa shape index (κ2) is 6.60. The van der Waals surface area contributed by atoms with Crippen LogP contribution >= 0.6 is 0 Å². The molecular weight excluding hydrogens is 230 g/mol. The van der Waals surface area contributed by atoms with Crippen molar-refractivity contribution < 1.29 is 0 Å². The Morgan fingerprint density at radius 2 is 1.63 bits per heavy atom. The SMILES string of the molecule is CC.Cc1ccccc1C1=CC=C(C(C)(C)C)CN1. The number of dihydropyridines is 1. The third-order valence-electron chi connectivity index (χ3n) is 3.32. The molecule has 1 aromatic rings. The molecule has 19 heavy (non-hydrogen) atoms. The Hall–Kier alpha value is -1.50. The van der Waals surface area contributed by atoms with Crippen LogP contribution in [0, 0.1) is 12.3 Å². The van der Waals surface area contributed by atoms with Crippen LogP contribution in [0.5, 0.6) is 0 Å². The Labute approximate surface area is 118 Å². The summed E-state index contributed by atoms with van der Waals surface area (Å²) in [5, 5.41) is 3.53. The summed E-state index contributed by atoms with van der Waals surface area (Å²) < 4.78 is 0. The maximum Gasteiger partial charge on any atom is 0.0419 e. The van der Waals surface area contributed by atoms with Gasteiger partial charge in [0, 0.05) is 17.8 Å². The van der Waals surface area contributed by atoms with Gasteiger partial charge in [-0.15, -0.1) is 0 Å². The van der Waals surface area contributed by atoms with E-state index >= 15 is 0 Å². The van der Waals surface area contributed by atoms with Gasteiger partial charge in [-0.3, -0.25) is 0 Å². The average Bonchev–Trinajstić information content (AvgIpc) is 2.41. The molecule has 0 radical (unpaired) electrons. The first kappa shape index (κ1) is 15.6. The van der Waals surface area contributed by atoms with E-state index in [0.717, 1.165) is 6.54 Å².